The first-order valence-corrected chi connectivity index (χ1v) is 8.58. The summed E-state index contributed by atoms with van der Waals surface area (Å²) in [5, 5.41) is 8.03. The molecule has 0 atom stereocenters. The third-order valence-corrected chi connectivity index (χ3v) is 4.12. The van der Waals surface area contributed by atoms with Gasteiger partial charge in [-0.25, -0.2) is 4.98 Å². The van der Waals surface area contributed by atoms with Gasteiger partial charge in [-0.3, -0.25) is 4.79 Å². The zero-order valence-electron chi connectivity index (χ0n) is 14.7. The number of nitrogens with two attached hydrogens (primary N) is 1. The molecule has 0 radical (unpaired) electrons. The fourth-order valence-electron chi connectivity index (χ4n) is 2.99. The van der Waals surface area contributed by atoms with Gasteiger partial charge in [0.05, 0.1) is 11.9 Å². The molecule has 0 bridgehead atoms. The zero-order chi connectivity index (χ0) is 17.5. The zero-order valence-corrected chi connectivity index (χ0v) is 14.7. The summed E-state index contributed by atoms with van der Waals surface area (Å²) < 4.78 is 1.91. The van der Waals surface area contributed by atoms with Crippen molar-refractivity contribution >= 4 is 22.9 Å². The Bertz CT molecular complexity index is 709. The number of hydrogen-bond acceptors (Lipinski definition) is 4. The molecule has 6 heteroatoms. The Hall–Kier alpha value is -2.37. The highest BCUT2D eigenvalue weighted by Gasteiger charge is 2.17. The Morgan fingerprint density at radius 2 is 2.12 bits per heavy atom. The van der Waals surface area contributed by atoms with Crippen molar-refractivity contribution in [3.63, 3.8) is 0 Å². The van der Waals surface area contributed by atoms with Gasteiger partial charge in [0.15, 0.2) is 5.65 Å². The van der Waals surface area contributed by atoms with Crippen LogP contribution in [0.15, 0.2) is 24.4 Å². The van der Waals surface area contributed by atoms with Gasteiger partial charge in [-0.1, -0.05) is 25.8 Å². The number of anilines is 1. The van der Waals surface area contributed by atoms with Crippen LogP contribution in [-0.4, -0.2) is 26.5 Å². The number of amides is 1. The molecule has 1 saturated carbocycles. The topological polar surface area (TPSA) is 85.3 Å². The Balaban J connectivity index is 0.000000471. The molecule has 1 aliphatic rings. The SMILES string of the molecule is C/C=C(\CC)c1cc(NC2CCCC2)n2nccc2n1.CC(N)=O. The number of hydrogen-bond donors (Lipinski definition) is 2. The number of carbonyl (C=O) groups is 1. The summed E-state index contributed by atoms with van der Waals surface area (Å²) in [6, 6.07) is 4.68. The highest BCUT2D eigenvalue weighted by molar-refractivity contribution is 5.70. The molecule has 3 rings (SSSR count). The molecule has 130 valence electrons. The maximum absolute atomic E-state index is 9.22. The number of aromatic nitrogens is 3. The normalized spacial score (nSPS) is 15.2. The molecule has 24 heavy (non-hydrogen) atoms. The number of rotatable bonds is 4. The number of fused-ring (bicyclic) bond motifs is 1. The molecule has 0 aromatic carbocycles. The van der Waals surface area contributed by atoms with Crippen LogP contribution in [0, 0.1) is 0 Å². The molecule has 0 unspecified atom stereocenters. The van der Waals surface area contributed by atoms with Gasteiger partial charge in [-0.2, -0.15) is 9.61 Å². The van der Waals surface area contributed by atoms with Crippen LogP contribution in [0.3, 0.4) is 0 Å². The first-order valence-electron chi connectivity index (χ1n) is 8.58. The molecule has 1 fully saturated rings. The lowest BCUT2D eigenvalue weighted by Crippen LogP contribution is -2.17. The van der Waals surface area contributed by atoms with E-state index in [4.69, 9.17) is 4.98 Å². The van der Waals surface area contributed by atoms with Gasteiger partial charge >= 0.3 is 0 Å². The maximum Gasteiger partial charge on any atom is 0.214 e. The standard InChI is InChI=1S/C16H22N4.C2H5NO/c1-3-12(4-2)14-11-16(18-13-7-5-6-8-13)20-15(19-14)9-10-17-20;1-2(3)4/h3,9-11,13,18H,4-8H2,1-2H3;1H3,(H2,3,4)/b12-3+;. The third kappa shape index (κ3) is 4.57. The van der Waals surface area contributed by atoms with Gasteiger partial charge in [0.2, 0.25) is 5.91 Å². The van der Waals surface area contributed by atoms with E-state index in [1.54, 1.807) is 0 Å². The van der Waals surface area contributed by atoms with Crippen LogP contribution in [0.25, 0.3) is 11.2 Å². The first-order chi connectivity index (χ1) is 11.5. The summed E-state index contributed by atoms with van der Waals surface area (Å²) in [6.45, 7) is 5.55. The maximum atomic E-state index is 9.22. The number of carbonyl (C=O) groups excluding carboxylic acids is 1. The minimum absolute atomic E-state index is 0.333. The van der Waals surface area contributed by atoms with Crippen LogP contribution < -0.4 is 11.1 Å². The fraction of sp³-hybridized carbons (Fsp3) is 0.500. The molecule has 2 heterocycles. The smallest absolute Gasteiger partial charge is 0.214 e. The van der Waals surface area contributed by atoms with Crippen molar-refractivity contribution in [2.45, 2.75) is 58.9 Å². The summed E-state index contributed by atoms with van der Waals surface area (Å²) in [4.78, 5) is 13.9. The Labute approximate surface area is 143 Å². The summed E-state index contributed by atoms with van der Waals surface area (Å²) in [6.07, 6.45) is 10.1. The van der Waals surface area contributed by atoms with Crippen LogP contribution in [0.4, 0.5) is 5.82 Å². The van der Waals surface area contributed by atoms with Crippen molar-refractivity contribution in [3.05, 3.63) is 30.1 Å². The van der Waals surface area contributed by atoms with E-state index in [2.05, 4.69) is 42.1 Å². The molecule has 2 aromatic rings. The van der Waals surface area contributed by atoms with Crippen molar-refractivity contribution in [3.8, 4) is 0 Å². The van der Waals surface area contributed by atoms with E-state index in [0.29, 0.717) is 6.04 Å². The lowest BCUT2D eigenvalue weighted by Gasteiger charge is -2.16. The average Bonchev–Trinajstić information content (AvgIpc) is 3.19. The fourth-order valence-corrected chi connectivity index (χ4v) is 2.99. The lowest BCUT2D eigenvalue weighted by atomic mass is 10.1. The van der Waals surface area contributed by atoms with E-state index in [1.807, 2.05) is 16.8 Å². The van der Waals surface area contributed by atoms with E-state index >= 15 is 0 Å². The second-order valence-corrected chi connectivity index (χ2v) is 6.03. The average molecular weight is 329 g/mol. The quantitative estimate of drug-likeness (QED) is 0.900. The highest BCUT2D eigenvalue weighted by atomic mass is 16.1. The second-order valence-electron chi connectivity index (χ2n) is 6.03. The summed E-state index contributed by atoms with van der Waals surface area (Å²) in [5.41, 5.74) is 7.72. The van der Waals surface area contributed by atoms with Gasteiger partial charge in [0.1, 0.15) is 5.82 Å². The number of nitrogens with one attached hydrogen (secondary N) is 1. The van der Waals surface area contributed by atoms with Crippen LogP contribution >= 0.6 is 0 Å². The molecule has 0 saturated heterocycles. The predicted molar refractivity (Wildman–Crippen MR) is 97.7 cm³/mol. The van der Waals surface area contributed by atoms with Crippen LogP contribution in [0.1, 0.15) is 58.6 Å². The van der Waals surface area contributed by atoms with Crippen molar-refractivity contribution in [2.24, 2.45) is 5.73 Å². The van der Waals surface area contributed by atoms with Gasteiger partial charge < -0.3 is 11.1 Å². The van der Waals surface area contributed by atoms with Gasteiger partial charge in [-0.15, -0.1) is 0 Å². The van der Waals surface area contributed by atoms with Crippen LogP contribution in [0.2, 0.25) is 0 Å². The predicted octanol–water partition coefficient (Wildman–Crippen LogP) is 3.39. The van der Waals surface area contributed by atoms with E-state index in [-0.39, 0.29) is 5.91 Å². The Morgan fingerprint density at radius 1 is 1.46 bits per heavy atom. The minimum atomic E-state index is -0.333. The Kier molecular flexibility index (Phi) is 6.35. The van der Waals surface area contributed by atoms with E-state index in [0.717, 1.165) is 23.6 Å². The molecule has 6 nitrogen and oxygen atoms in total. The number of primary amides is 1. The van der Waals surface area contributed by atoms with Crippen LogP contribution in [0.5, 0.6) is 0 Å². The minimum Gasteiger partial charge on any atom is -0.370 e. The van der Waals surface area contributed by atoms with E-state index in [1.165, 1.54) is 38.2 Å². The molecule has 3 N–H and O–H groups in total. The third-order valence-electron chi connectivity index (χ3n) is 4.12. The highest BCUT2D eigenvalue weighted by Crippen LogP contribution is 2.25. The van der Waals surface area contributed by atoms with E-state index < -0.39 is 0 Å². The summed E-state index contributed by atoms with van der Waals surface area (Å²) >= 11 is 0. The second kappa shape index (κ2) is 8.47. The molecule has 1 aliphatic carbocycles. The van der Waals surface area contributed by atoms with Gasteiger partial charge in [-0.05, 0) is 31.8 Å². The molecular weight excluding hydrogens is 302 g/mol. The number of allylic oxidation sites excluding steroid dienone is 2. The molecule has 0 spiro atoms. The van der Waals surface area contributed by atoms with Crippen LogP contribution in [-0.2, 0) is 4.79 Å². The van der Waals surface area contributed by atoms with E-state index in [9.17, 15) is 4.79 Å². The number of nitrogens with zero attached hydrogens (tertiary/aromatic N) is 3. The largest absolute Gasteiger partial charge is 0.370 e. The summed E-state index contributed by atoms with van der Waals surface area (Å²) in [5.74, 6) is 0.731. The van der Waals surface area contributed by atoms with Crippen molar-refractivity contribution in [2.75, 3.05) is 5.32 Å². The van der Waals surface area contributed by atoms with Crippen molar-refractivity contribution < 1.29 is 4.79 Å². The summed E-state index contributed by atoms with van der Waals surface area (Å²) in [7, 11) is 0. The molecule has 1 amide bonds. The van der Waals surface area contributed by atoms with Crippen molar-refractivity contribution in [1.29, 1.82) is 0 Å². The molecular formula is C18H27N5O. The first kappa shape index (κ1) is 18.0. The van der Waals surface area contributed by atoms with Crippen molar-refractivity contribution in [1.82, 2.24) is 14.6 Å². The van der Waals surface area contributed by atoms with Gasteiger partial charge in [0, 0.05) is 25.1 Å². The lowest BCUT2D eigenvalue weighted by molar-refractivity contribution is -0.115. The monoisotopic (exact) mass is 329 g/mol. The Morgan fingerprint density at radius 3 is 2.71 bits per heavy atom. The molecule has 0 aliphatic heterocycles. The molecule has 2 aromatic heterocycles. The van der Waals surface area contributed by atoms with Gasteiger partial charge in [0.25, 0.3) is 0 Å².